The molecular weight excluding hydrogens is 205 g/mol. The molecule has 73 valence electrons. The fourth-order valence-electron chi connectivity index (χ4n) is 1.45. The summed E-state index contributed by atoms with van der Waals surface area (Å²) in [5.41, 5.74) is 1.22. The molecule has 1 aromatic carbocycles. The number of aliphatic hydroxyl groups excluding tert-OH is 1. The first kappa shape index (κ1) is 12.3. The molecular formula is C10H9NNaO3. The molecule has 1 aromatic heterocycles. The second-order valence-corrected chi connectivity index (χ2v) is 3.03. The minimum atomic E-state index is -1.47. The molecule has 1 unspecified atom stereocenters. The Bertz CT molecular complexity index is 480. The fraction of sp³-hybridized carbons (Fsp3) is 0.100. The van der Waals surface area contributed by atoms with Crippen LogP contribution >= 0.6 is 0 Å². The zero-order valence-corrected chi connectivity index (χ0v) is 10.3. The zero-order valence-electron chi connectivity index (χ0n) is 8.27. The molecule has 2 rings (SSSR count). The van der Waals surface area contributed by atoms with Gasteiger partial charge in [0.2, 0.25) is 0 Å². The molecule has 0 fully saturated rings. The van der Waals surface area contributed by atoms with Crippen molar-refractivity contribution in [3.63, 3.8) is 0 Å². The standard InChI is InChI=1S/C10H9NO3.Na/c12-9(10(13)14)7-5-11-8-4-2-1-3-6(7)8;/h1-5,9,11-12H,(H,13,14);. The number of carboxylic acids is 1. The molecule has 2 aromatic rings. The number of fused-ring (bicyclic) bond motifs is 1. The van der Waals surface area contributed by atoms with Crippen LogP contribution in [0.25, 0.3) is 10.9 Å². The predicted octanol–water partition coefficient (Wildman–Crippen LogP) is 0.905. The average molecular weight is 214 g/mol. The Kier molecular flexibility index (Phi) is 3.93. The topological polar surface area (TPSA) is 73.3 Å². The summed E-state index contributed by atoms with van der Waals surface area (Å²) in [6, 6.07) is 7.24. The largest absolute Gasteiger partial charge is 0.479 e. The first-order valence-electron chi connectivity index (χ1n) is 4.17. The van der Waals surface area contributed by atoms with Crippen LogP contribution in [0.1, 0.15) is 11.7 Å². The van der Waals surface area contributed by atoms with Gasteiger partial charge in [-0.15, -0.1) is 0 Å². The van der Waals surface area contributed by atoms with Gasteiger partial charge in [0.15, 0.2) is 6.10 Å². The number of carbonyl (C=O) groups is 1. The van der Waals surface area contributed by atoms with Gasteiger partial charge in [-0.25, -0.2) is 4.79 Å². The van der Waals surface area contributed by atoms with E-state index >= 15 is 0 Å². The molecule has 0 aliphatic heterocycles. The monoisotopic (exact) mass is 214 g/mol. The van der Waals surface area contributed by atoms with Gasteiger partial charge in [0.1, 0.15) is 0 Å². The van der Waals surface area contributed by atoms with Gasteiger partial charge in [-0.1, -0.05) is 18.2 Å². The van der Waals surface area contributed by atoms with Gasteiger partial charge < -0.3 is 15.2 Å². The van der Waals surface area contributed by atoms with Crippen molar-refractivity contribution in [2.24, 2.45) is 0 Å². The number of aliphatic carboxylic acids is 1. The number of hydrogen-bond donors (Lipinski definition) is 3. The smallest absolute Gasteiger partial charge is 0.337 e. The van der Waals surface area contributed by atoms with E-state index in [2.05, 4.69) is 4.98 Å². The molecule has 0 aliphatic carbocycles. The number of H-pyrrole nitrogens is 1. The maximum Gasteiger partial charge on any atom is 0.337 e. The van der Waals surface area contributed by atoms with E-state index in [1.54, 1.807) is 12.1 Å². The molecule has 0 aliphatic rings. The van der Waals surface area contributed by atoms with Crippen LogP contribution in [0.3, 0.4) is 0 Å². The van der Waals surface area contributed by atoms with E-state index in [0.717, 1.165) is 10.9 Å². The van der Waals surface area contributed by atoms with Crippen LogP contribution in [0.5, 0.6) is 0 Å². The van der Waals surface area contributed by atoms with Crippen molar-refractivity contribution in [1.82, 2.24) is 4.98 Å². The summed E-state index contributed by atoms with van der Waals surface area (Å²) in [4.78, 5) is 13.5. The number of para-hydroxylation sites is 1. The minimum Gasteiger partial charge on any atom is -0.479 e. The van der Waals surface area contributed by atoms with Crippen molar-refractivity contribution in [1.29, 1.82) is 0 Å². The van der Waals surface area contributed by atoms with Gasteiger partial charge in [-0.3, -0.25) is 0 Å². The molecule has 0 saturated heterocycles. The molecule has 0 saturated carbocycles. The van der Waals surface area contributed by atoms with Crippen molar-refractivity contribution in [3.8, 4) is 0 Å². The number of carboxylic acid groups (broad SMARTS) is 1. The molecule has 3 N–H and O–H groups in total. The van der Waals surface area contributed by atoms with Gasteiger partial charge in [0.05, 0.1) is 0 Å². The molecule has 5 heteroatoms. The molecule has 1 atom stereocenters. The molecule has 15 heavy (non-hydrogen) atoms. The second-order valence-electron chi connectivity index (χ2n) is 3.03. The summed E-state index contributed by atoms with van der Waals surface area (Å²) in [5, 5.41) is 18.8. The Morgan fingerprint density at radius 1 is 1.33 bits per heavy atom. The van der Waals surface area contributed by atoms with E-state index in [1.807, 2.05) is 12.1 Å². The minimum absolute atomic E-state index is 0. The number of rotatable bonds is 2. The maximum atomic E-state index is 10.6. The third-order valence-corrected chi connectivity index (χ3v) is 2.15. The van der Waals surface area contributed by atoms with Crippen LogP contribution in [0, 0.1) is 0 Å². The first-order valence-corrected chi connectivity index (χ1v) is 4.17. The normalized spacial score (nSPS) is 12.1. The Morgan fingerprint density at radius 3 is 2.67 bits per heavy atom. The molecule has 1 heterocycles. The predicted molar refractivity (Wildman–Crippen MR) is 56.6 cm³/mol. The van der Waals surface area contributed by atoms with Crippen LogP contribution in [-0.4, -0.2) is 50.7 Å². The molecule has 0 amide bonds. The van der Waals surface area contributed by atoms with Crippen molar-refractivity contribution in [3.05, 3.63) is 36.0 Å². The van der Waals surface area contributed by atoms with E-state index in [1.165, 1.54) is 6.20 Å². The average Bonchev–Trinajstić information content (AvgIpc) is 2.60. The van der Waals surface area contributed by atoms with E-state index in [0.29, 0.717) is 5.56 Å². The quantitative estimate of drug-likeness (QED) is 0.650. The molecule has 0 spiro atoms. The summed E-state index contributed by atoms with van der Waals surface area (Å²) in [6.45, 7) is 0. The Balaban J connectivity index is 0.00000112. The van der Waals surface area contributed by atoms with E-state index in [4.69, 9.17) is 5.11 Å². The van der Waals surface area contributed by atoms with Gasteiger partial charge in [-0.2, -0.15) is 0 Å². The van der Waals surface area contributed by atoms with Crippen molar-refractivity contribution in [2.45, 2.75) is 6.10 Å². The van der Waals surface area contributed by atoms with Crippen molar-refractivity contribution < 1.29 is 15.0 Å². The summed E-state index contributed by atoms with van der Waals surface area (Å²) in [7, 11) is 0. The third kappa shape index (κ3) is 2.23. The third-order valence-electron chi connectivity index (χ3n) is 2.15. The molecule has 1 radical (unpaired) electrons. The Labute approximate surface area is 108 Å². The van der Waals surface area contributed by atoms with Gasteiger partial charge in [0, 0.05) is 52.2 Å². The maximum absolute atomic E-state index is 10.6. The number of nitrogens with one attached hydrogen (secondary N) is 1. The number of hydrogen-bond acceptors (Lipinski definition) is 2. The summed E-state index contributed by atoms with van der Waals surface area (Å²) < 4.78 is 0. The fourth-order valence-corrected chi connectivity index (χ4v) is 1.45. The number of aromatic nitrogens is 1. The van der Waals surface area contributed by atoms with Gasteiger partial charge in [0.25, 0.3) is 0 Å². The van der Waals surface area contributed by atoms with Crippen molar-refractivity contribution >= 4 is 46.4 Å². The van der Waals surface area contributed by atoms with Gasteiger partial charge in [-0.05, 0) is 6.07 Å². The van der Waals surface area contributed by atoms with Crippen LogP contribution in [0.4, 0.5) is 0 Å². The van der Waals surface area contributed by atoms with E-state index in [9.17, 15) is 9.90 Å². The molecule has 4 nitrogen and oxygen atoms in total. The van der Waals surface area contributed by atoms with E-state index < -0.39 is 12.1 Å². The van der Waals surface area contributed by atoms with Crippen LogP contribution in [-0.2, 0) is 4.79 Å². The number of benzene rings is 1. The Hall–Kier alpha value is -0.810. The Morgan fingerprint density at radius 2 is 2.00 bits per heavy atom. The molecule has 0 bridgehead atoms. The van der Waals surface area contributed by atoms with Gasteiger partial charge >= 0.3 is 5.97 Å². The summed E-state index contributed by atoms with van der Waals surface area (Å²) in [5.74, 6) is -1.24. The van der Waals surface area contributed by atoms with E-state index in [-0.39, 0.29) is 29.6 Å². The number of aromatic amines is 1. The van der Waals surface area contributed by atoms with Crippen LogP contribution < -0.4 is 0 Å². The number of aliphatic hydroxyl groups is 1. The van der Waals surface area contributed by atoms with Crippen LogP contribution in [0.15, 0.2) is 30.5 Å². The summed E-state index contributed by atoms with van der Waals surface area (Å²) >= 11 is 0. The van der Waals surface area contributed by atoms with Crippen molar-refractivity contribution in [2.75, 3.05) is 0 Å². The second kappa shape index (κ2) is 4.81. The SMILES string of the molecule is O=C(O)C(O)c1c[nH]c2ccccc12.[Na]. The summed E-state index contributed by atoms with van der Waals surface area (Å²) in [6.07, 6.45) is 0.0508. The first-order chi connectivity index (χ1) is 6.70. The zero-order chi connectivity index (χ0) is 10.1. The van der Waals surface area contributed by atoms with Crippen LogP contribution in [0.2, 0.25) is 0 Å².